The Balaban J connectivity index is 1.85. The van der Waals surface area contributed by atoms with Gasteiger partial charge in [-0.1, -0.05) is 17.7 Å². The first-order chi connectivity index (χ1) is 13.5. The molecule has 0 saturated heterocycles. The van der Waals surface area contributed by atoms with Crippen molar-refractivity contribution >= 4 is 34.1 Å². The molecule has 0 aliphatic carbocycles. The first kappa shape index (κ1) is 18.0. The number of hydrogen-bond acceptors (Lipinski definition) is 6. The van der Waals surface area contributed by atoms with E-state index < -0.39 is 0 Å². The van der Waals surface area contributed by atoms with Crippen molar-refractivity contribution < 1.29 is 4.74 Å². The Hall–Kier alpha value is -3.39. The summed E-state index contributed by atoms with van der Waals surface area (Å²) < 4.78 is 7.05. The van der Waals surface area contributed by atoms with Gasteiger partial charge in [-0.25, -0.2) is 19.6 Å². The normalized spacial score (nSPS) is 11.0. The summed E-state index contributed by atoms with van der Waals surface area (Å²) in [5, 5.41) is 6.86. The molecular weight excluding hydrogens is 380 g/mol. The van der Waals surface area contributed by atoms with E-state index in [4.69, 9.17) is 16.3 Å². The molecule has 9 heteroatoms. The molecule has 0 radical (unpaired) electrons. The summed E-state index contributed by atoms with van der Waals surface area (Å²) in [7, 11) is 1.53. The van der Waals surface area contributed by atoms with Crippen LogP contribution in [-0.4, -0.2) is 31.8 Å². The van der Waals surface area contributed by atoms with Crippen LogP contribution in [0.1, 0.15) is 11.5 Å². The highest BCUT2D eigenvalue weighted by Gasteiger charge is 2.15. The summed E-state index contributed by atoms with van der Waals surface area (Å²) in [6, 6.07) is 8.91. The van der Waals surface area contributed by atoms with E-state index in [1.807, 2.05) is 26.0 Å². The minimum Gasteiger partial charge on any atom is -0.493 e. The van der Waals surface area contributed by atoms with Crippen molar-refractivity contribution in [3.63, 3.8) is 0 Å². The molecule has 0 bridgehead atoms. The second-order valence-electron chi connectivity index (χ2n) is 6.22. The lowest BCUT2D eigenvalue weighted by Gasteiger charge is -2.12. The maximum absolute atomic E-state index is 12.4. The molecule has 3 aromatic heterocycles. The Morgan fingerprint density at radius 1 is 1.18 bits per heavy atom. The molecule has 0 spiro atoms. The number of pyridine rings is 1. The van der Waals surface area contributed by atoms with Crippen molar-refractivity contribution in [2.24, 2.45) is 0 Å². The van der Waals surface area contributed by atoms with E-state index in [2.05, 4.69) is 25.4 Å². The molecular formula is C19H17ClN6O2. The van der Waals surface area contributed by atoms with Crippen LogP contribution >= 0.6 is 11.6 Å². The van der Waals surface area contributed by atoms with Crippen LogP contribution in [0.5, 0.6) is 5.75 Å². The lowest BCUT2D eigenvalue weighted by Crippen LogP contribution is -2.05. The van der Waals surface area contributed by atoms with Crippen LogP contribution in [0.15, 0.2) is 41.3 Å². The number of methoxy groups -OCH3 is 1. The van der Waals surface area contributed by atoms with E-state index >= 15 is 0 Å². The maximum Gasteiger partial charge on any atom is 0.273 e. The molecule has 4 aromatic rings. The van der Waals surface area contributed by atoms with E-state index in [-0.39, 0.29) is 5.56 Å². The molecule has 1 aromatic carbocycles. The van der Waals surface area contributed by atoms with Gasteiger partial charge in [0, 0.05) is 24.0 Å². The van der Waals surface area contributed by atoms with Crippen LogP contribution in [0, 0.1) is 13.8 Å². The predicted octanol–water partition coefficient (Wildman–Crippen LogP) is 3.53. The van der Waals surface area contributed by atoms with Crippen molar-refractivity contribution in [3.8, 4) is 11.4 Å². The summed E-state index contributed by atoms with van der Waals surface area (Å²) in [6.45, 7) is 3.72. The summed E-state index contributed by atoms with van der Waals surface area (Å²) >= 11 is 6.24. The molecule has 0 fully saturated rings. The van der Waals surface area contributed by atoms with Crippen molar-refractivity contribution in [3.05, 3.63) is 63.4 Å². The zero-order chi connectivity index (χ0) is 19.8. The van der Waals surface area contributed by atoms with E-state index in [0.717, 1.165) is 5.69 Å². The molecule has 8 nitrogen and oxygen atoms in total. The van der Waals surface area contributed by atoms with Crippen molar-refractivity contribution in [2.45, 2.75) is 13.8 Å². The Kier molecular flexibility index (Phi) is 4.48. The summed E-state index contributed by atoms with van der Waals surface area (Å²) in [4.78, 5) is 25.3. The van der Waals surface area contributed by atoms with Crippen LogP contribution in [0.2, 0.25) is 5.02 Å². The molecule has 0 saturated carbocycles. The number of fused-ring (bicyclic) bond motifs is 1. The number of aromatic amines is 1. The van der Waals surface area contributed by atoms with Crippen LogP contribution in [0.25, 0.3) is 16.6 Å². The van der Waals surface area contributed by atoms with Gasteiger partial charge in [0.2, 0.25) is 0 Å². The summed E-state index contributed by atoms with van der Waals surface area (Å²) in [5.41, 5.74) is 1.83. The third kappa shape index (κ3) is 3.18. The van der Waals surface area contributed by atoms with Gasteiger partial charge in [0.05, 0.1) is 23.0 Å². The molecule has 0 unspecified atom stereocenters. The number of halogens is 1. The van der Waals surface area contributed by atoms with Gasteiger partial charge in [-0.15, -0.1) is 0 Å². The van der Waals surface area contributed by atoms with Gasteiger partial charge >= 0.3 is 0 Å². The van der Waals surface area contributed by atoms with E-state index in [9.17, 15) is 4.79 Å². The maximum atomic E-state index is 12.4. The molecule has 142 valence electrons. The van der Waals surface area contributed by atoms with Crippen LogP contribution in [-0.2, 0) is 0 Å². The topological polar surface area (TPSA) is 97.7 Å². The van der Waals surface area contributed by atoms with Crippen LogP contribution in [0.3, 0.4) is 0 Å². The molecule has 4 rings (SSSR count). The van der Waals surface area contributed by atoms with Crippen molar-refractivity contribution in [1.82, 2.24) is 24.7 Å². The third-order valence-electron chi connectivity index (χ3n) is 4.19. The van der Waals surface area contributed by atoms with Crippen molar-refractivity contribution in [2.75, 3.05) is 12.4 Å². The van der Waals surface area contributed by atoms with Gasteiger partial charge in [-0.05, 0) is 26.0 Å². The second kappa shape index (κ2) is 6.97. The third-order valence-corrected chi connectivity index (χ3v) is 4.49. The Morgan fingerprint density at radius 2 is 2.00 bits per heavy atom. The SMILES string of the molecule is COc1c(Cl)cccc1-n1[nH]c(=O)c2cnc(Nc3cc(C)nc(C)n3)cc21. The number of nitrogens with zero attached hydrogens (tertiary/aromatic N) is 4. The summed E-state index contributed by atoms with van der Waals surface area (Å²) in [5.74, 6) is 2.29. The highest BCUT2D eigenvalue weighted by molar-refractivity contribution is 6.32. The fraction of sp³-hybridized carbons (Fsp3) is 0.158. The van der Waals surface area contributed by atoms with Gasteiger partial charge in [-0.2, -0.15) is 0 Å². The fourth-order valence-electron chi connectivity index (χ4n) is 3.07. The predicted molar refractivity (Wildman–Crippen MR) is 108 cm³/mol. The van der Waals surface area contributed by atoms with E-state index in [0.29, 0.717) is 44.8 Å². The number of aryl methyl sites for hydroxylation is 2. The lowest BCUT2D eigenvalue weighted by atomic mass is 10.2. The molecule has 0 atom stereocenters. The number of para-hydroxylation sites is 1. The zero-order valence-corrected chi connectivity index (χ0v) is 16.2. The van der Waals surface area contributed by atoms with Gasteiger partial charge < -0.3 is 10.1 Å². The Bertz CT molecular complexity index is 1230. The monoisotopic (exact) mass is 396 g/mol. The molecule has 0 aliphatic heterocycles. The molecule has 0 amide bonds. The number of hydrogen-bond donors (Lipinski definition) is 2. The first-order valence-electron chi connectivity index (χ1n) is 8.49. The van der Waals surface area contributed by atoms with Gasteiger partial charge in [0.15, 0.2) is 5.75 Å². The second-order valence-corrected chi connectivity index (χ2v) is 6.63. The largest absolute Gasteiger partial charge is 0.493 e. The van der Waals surface area contributed by atoms with Crippen LogP contribution < -0.4 is 15.6 Å². The highest BCUT2D eigenvalue weighted by atomic mass is 35.5. The fourth-order valence-corrected chi connectivity index (χ4v) is 3.32. The van der Waals surface area contributed by atoms with Gasteiger partial charge in [-0.3, -0.25) is 9.89 Å². The van der Waals surface area contributed by atoms with Gasteiger partial charge in [0.1, 0.15) is 23.1 Å². The molecule has 3 heterocycles. The average molecular weight is 397 g/mol. The number of aromatic nitrogens is 5. The minimum atomic E-state index is -0.259. The average Bonchev–Trinajstić information content (AvgIpc) is 2.96. The zero-order valence-electron chi connectivity index (χ0n) is 15.4. The highest BCUT2D eigenvalue weighted by Crippen LogP contribution is 2.32. The first-order valence-corrected chi connectivity index (χ1v) is 8.87. The molecule has 0 aliphatic rings. The van der Waals surface area contributed by atoms with E-state index in [1.165, 1.54) is 13.3 Å². The number of ether oxygens (including phenoxy) is 1. The summed E-state index contributed by atoms with van der Waals surface area (Å²) in [6.07, 6.45) is 1.52. The van der Waals surface area contributed by atoms with E-state index in [1.54, 1.807) is 22.9 Å². The number of anilines is 2. The smallest absolute Gasteiger partial charge is 0.273 e. The lowest BCUT2D eigenvalue weighted by molar-refractivity contribution is 0.412. The Morgan fingerprint density at radius 3 is 2.75 bits per heavy atom. The molecule has 28 heavy (non-hydrogen) atoms. The number of nitrogens with one attached hydrogen (secondary N) is 2. The molecule has 2 N–H and O–H groups in total. The number of benzene rings is 1. The quantitative estimate of drug-likeness (QED) is 0.547. The number of H-pyrrole nitrogens is 1. The van der Waals surface area contributed by atoms with Crippen molar-refractivity contribution in [1.29, 1.82) is 0 Å². The number of rotatable bonds is 4. The Labute approximate surface area is 165 Å². The standard InChI is InChI=1S/C19H17ClN6O2/c1-10-7-17(23-11(2)22-10)24-16-8-15-12(9-21-16)19(27)25-26(15)14-6-4-5-13(20)18(14)28-3/h4-9H,1-3H3,(H,25,27)(H,21,22,23,24). The van der Waals surface area contributed by atoms with Crippen LogP contribution in [0.4, 0.5) is 11.6 Å². The van der Waals surface area contributed by atoms with Gasteiger partial charge in [0.25, 0.3) is 5.56 Å². The minimum absolute atomic E-state index is 0.259.